The second kappa shape index (κ2) is 4.66. The molecule has 3 heteroatoms. The van der Waals surface area contributed by atoms with Crippen molar-refractivity contribution in [2.24, 2.45) is 11.8 Å². The van der Waals surface area contributed by atoms with Gasteiger partial charge in [-0.1, -0.05) is 19.8 Å². The van der Waals surface area contributed by atoms with Gasteiger partial charge in [-0.05, 0) is 32.6 Å². The molecule has 16 heavy (non-hydrogen) atoms. The first kappa shape index (κ1) is 11.8. The number of ketones is 1. The summed E-state index contributed by atoms with van der Waals surface area (Å²) in [6.45, 7) is 6.17. The van der Waals surface area contributed by atoms with Gasteiger partial charge in [0.05, 0.1) is 15.6 Å². The number of hydrogen-bond acceptors (Lipinski definition) is 3. The highest BCUT2D eigenvalue weighted by Crippen LogP contribution is 2.32. The normalized spacial score (nSPS) is 25.7. The summed E-state index contributed by atoms with van der Waals surface area (Å²) in [7, 11) is 0. The Labute approximate surface area is 101 Å². The lowest BCUT2D eigenvalue weighted by atomic mass is 9.80. The minimum Gasteiger partial charge on any atom is -0.293 e. The molecule has 1 aliphatic carbocycles. The average Bonchev–Trinajstić information content (AvgIpc) is 2.57. The SMILES string of the molecule is Cc1nc(C)c(C(=O)C2CCCC(C)C2)s1. The molecule has 1 heterocycles. The fourth-order valence-corrected chi connectivity index (χ4v) is 3.56. The Bertz CT molecular complexity index is 397. The number of hydrogen-bond donors (Lipinski definition) is 0. The van der Waals surface area contributed by atoms with Crippen molar-refractivity contribution in [3.05, 3.63) is 15.6 Å². The zero-order valence-electron chi connectivity index (χ0n) is 10.2. The van der Waals surface area contributed by atoms with Crippen LogP contribution in [0.1, 0.15) is 53.0 Å². The first-order valence-corrected chi connectivity index (χ1v) is 6.88. The highest BCUT2D eigenvalue weighted by Gasteiger charge is 2.28. The molecule has 88 valence electrons. The van der Waals surface area contributed by atoms with Gasteiger partial charge >= 0.3 is 0 Å². The van der Waals surface area contributed by atoms with E-state index in [1.54, 1.807) is 11.3 Å². The standard InChI is InChI=1S/C13H19NOS/c1-8-5-4-6-11(7-8)12(15)13-9(2)14-10(3)16-13/h8,11H,4-7H2,1-3H3. The highest BCUT2D eigenvalue weighted by atomic mass is 32.1. The summed E-state index contributed by atoms with van der Waals surface area (Å²) in [5.41, 5.74) is 0.922. The van der Waals surface area contributed by atoms with Crippen LogP contribution >= 0.6 is 11.3 Å². The van der Waals surface area contributed by atoms with Crippen LogP contribution in [0.15, 0.2) is 0 Å². The number of aryl methyl sites for hydroxylation is 2. The number of carbonyl (C=O) groups excluding carboxylic acids is 1. The fraction of sp³-hybridized carbons (Fsp3) is 0.692. The second-order valence-corrected chi connectivity index (χ2v) is 6.18. The molecule has 1 aliphatic rings. The zero-order valence-corrected chi connectivity index (χ0v) is 11.1. The van der Waals surface area contributed by atoms with E-state index in [4.69, 9.17) is 0 Å². The van der Waals surface area contributed by atoms with E-state index in [1.165, 1.54) is 12.8 Å². The molecule has 0 aliphatic heterocycles. The van der Waals surface area contributed by atoms with Crippen molar-refractivity contribution in [1.29, 1.82) is 0 Å². The van der Waals surface area contributed by atoms with E-state index >= 15 is 0 Å². The monoisotopic (exact) mass is 237 g/mol. The van der Waals surface area contributed by atoms with Gasteiger partial charge in [-0.25, -0.2) is 4.98 Å². The van der Waals surface area contributed by atoms with Gasteiger partial charge in [0.15, 0.2) is 5.78 Å². The van der Waals surface area contributed by atoms with Crippen LogP contribution in [-0.4, -0.2) is 10.8 Å². The van der Waals surface area contributed by atoms with Crippen molar-refractivity contribution in [3.63, 3.8) is 0 Å². The first-order chi connectivity index (χ1) is 7.58. The molecule has 1 fully saturated rings. The van der Waals surface area contributed by atoms with E-state index in [0.29, 0.717) is 11.7 Å². The Morgan fingerprint density at radius 2 is 2.12 bits per heavy atom. The largest absolute Gasteiger partial charge is 0.293 e. The van der Waals surface area contributed by atoms with E-state index in [1.807, 2.05) is 13.8 Å². The zero-order chi connectivity index (χ0) is 11.7. The Balaban J connectivity index is 2.15. The van der Waals surface area contributed by atoms with E-state index in [-0.39, 0.29) is 5.92 Å². The summed E-state index contributed by atoms with van der Waals surface area (Å²) < 4.78 is 0. The predicted octanol–water partition coefficient (Wildman–Crippen LogP) is 3.77. The number of rotatable bonds is 2. The molecule has 0 radical (unpaired) electrons. The van der Waals surface area contributed by atoms with E-state index < -0.39 is 0 Å². The van der Waals surface area contributed by atoms with Crippen LogP contribution in [0.25, 0.3) is 0 Å². The molecule has 0 saturated heterocycles. The van der Waals surface area contributed by atoms with Gasteiger partial charge in [-0.15, -0.1) is 11.3 Å². The van der Waals surface area contributed by atoms with Gasteiger partial charge in [-0.2, -0.15) is 0 Å². The summed E-state index contributed by atoms with van der Waals surface area (Å²) in [4.78, 5) is 17.6. The number of thiazole rings is 1. The number of carbonyl (C=O) groups is 1. The molecule has 0 spiro atoms. The maximum atomic E-state index is 12.3. The third-order valence-corrected chi connectivity index (χ3v) is 4.52. The molecule has 1 aromatic heterocycles. The lowest BCUT2D eigenvalue weighted by molar-refractivity contribution is 0.0872. The van der Waals surface area contributed by atoms with Gasteiger partial charge in [-0.3, -0.25) is 4.79 Å². The molecule has 2 nitrogen and oxygen atoms in total. The Morgan fingerprint density at radius 1 is 1.38 bits per heavy atom. The number of nitrogens with zero attached hydrogens (tertiary/aromatic N) is 1. The van der Waals surface area contributed by atoms with E-state index in [0.717, 1.165) is 28.4 Å². The maximum Gasteiger partial charge on any atom is 0.177 e. The summed E-state index contributed by atoms with van der Waals surface area (Å²) in [5.74, 6) is 1.30. The summed E-state index contributed by atoms with van der Waals surface area (Å²) in [5, 5.41) is 1.00. The van der Waals surface area contributed by atoms with Crippen LogP contribution in [0.3, 0.4) is 0 Å². The Morgan fingerprint density at radius 3 is 2.69 bits per heavy atom. The summed E-state index contributed by atoms with van der Waals surface area (Å²) in [6.07, 6.45) is 4.62. The number of aromatic nitrogens is 1. The maximum absolute atomic E-state index is 12.3. The third kappa shape index (κ3) is 2.34. The fourth-order valence-electron chi connectivity index (χ4n) is 2.62. The van der Waals surface area contributed by atoms with E-state index in [9.17, 15) is 4.79 Å². The van der Waals surface area contributed by atoms with Gasteiger partial charge in [0, 0.05) is 5.92 Å². The van der Waals surface area contributed by atoms with Gasteiger partial charge in [0.25, 0.3) is 0 Å². The molecule has 0 bridgehead atoms. The predicted molar refractivity (Wildman–Crippen MR) is 67.0 cm³/mol. The number of Topliss-reactive ketones (excluding diaryl/α,β-unsaturated/α-hetero) is 1. The molecule has 2 unspecified atom stereocenters. The van der Waals surface area contributed by atoms with Crippen LogP contribution < -0.4 is 0 Å². The lowest BCUT2D eigenvalue weighted by Gasteiger charge is -2.25. The Kier molecular flexibility index (Phi) is 3.43. The van der Waals surface area contributed by atoms with Gasteiger partial charge in [0.2, 0.25) is 0 Å². The smallest absolute Gasteiger partial charge is 0.177 e. The highest BCUT2D eigenvalue weighted by molar-refractivity contribution is 7.13. The molecule has 0 aromatic carbocycles. The van der Waals surface area contributed by atoms with Crippen molar-refractivity contribution in [2.75, 3.05) is 0 Å². The molecule has 1 aromatic rings. The van der Waals surface area contributed by atoms with Crippen LogP contribution in [-0.2, 0) is 0 Å². The molecule has 0 N–H and O–H groups in total. The van der Waals surface area contributed by atoms with Crippen LogP contribution in [0, 0.1) is 25.7 Å². The molecular weight excluding hydrogens is 218 g/mol. The van der Waals surface area contributed by atoms with Crippen LogP contribution in [0.2, 0.25) is 0 Å². The van der Waals surface area contributed by atoms with Crippen molar-refractivity contribution in [2.45, 2.75) is 46.5 Å². The minimum atomic E-state index is 0.252. The summed E-state index contributed by atoms with van der Waals surface area (Å²) >= 11 is 1.56. The molecular formula is C13H19NOS. The van der Waals surface area contributed by atoms with Crippen molar-refractivity contribution in [3.8, 4) is 0 Å². The third-order valence-electron chi connectivity index (χ3n) is 3.43. The average molecular weight is 237 g/mol. The van der Waals surface area contributed by atoms with Crippen molar-refractivity contribution >= 4 is 17.1 Å². The Hall–Kier alpha value is -0.700. The topological polar surface area (TPSA) is 30.0 Å². The van der Waals surface area contributed by atoms with Crippen molar-refractivity contribution in [1.82, 2.24) is 4.98 Å². The second-order valence-electron chi connectivity index (χ2n) is 4.98. The lowest BCUT2D eigenvalue weighted by Crippen LogP contribution is -2.21. The van der Waals surface area contributed by atoms with Gasteiger partial charge < -0.3 is 0 Å². The summed E-state index contributed by atoms with van der Waals surface area (Å²) in [6, 6.07) is 0. The quantitative estimate of drug-likeness (QED) is 0.733. The van der Waals surface area contributed by atoms with Crippen LogP contribution in [0.4, 0.5) is 0 Å². The first-order valence-electron chi connectivity index (χ1n) is 6.06. The van der Waals surface area contributed by atoms with Crippen LogP contribution in [0.5, 0.6) is 0 Å². The molecule has 2 rings (SSSR count). The minimum absolute atomic E-state index is 0.252. The molecule has 0 amide bonds. The van der Waals surface area contributed by atoms with E-state index in [2.05, 4.69) is 11.9 Å². The van der Waals surface area contributed by atoms with Gasteiger partial charge in [0.1, 0.15) is 0 Å². The van der Waals surface area contributed by atoms with Crippen molar-refractivity contribution < 1.29 is 4.79 Å². The molecule has 1 saturated carbocycles. The molecule has 2 atom stereocenters.